The van der Waals surface area contributed by atoms with Crippen LogP contribution in [0.5, 0.6) is 0 Å². The van der Waals surface area contributed by atoms with Crippen LogP contribution in [0.15, 0.2) is 12.7 Å². The van der Waals surface area contributed by atoms with Crippen LogP contribution in [0.3, 0.4) is 0 Å². The summed E-state index contributed by atoms with van der Waals surface area (Å²) in [6.45, 7) is 6.76. The van der Waals surface area contributed by atoms with Crippen molar-refractivity contribution >= 4 is 5.91 Å². The molecule has 0 aromatic rings. The Morgan fingerprint density at radius 1 is 1.35 bits per heavy atom. The minimum absolute atomic E-state index is 0.308. The molecule has 2 aliphatic heterocycles. The summed E-state index contributed by atoms with van der Waals surface area (Å²) in [6.07, 6.45) is 8.28. The van der Waals surface area contributed by atoms with Crippen LogP contribution >= 0.6 is 0 Å². The fraction of sp³-hybridized carbons (Fsp3) is 0.786. The van der Waals surface area contributed by atoms with Crippen LogP contribution in [0.25, 0.3) is 0 Å². The van der Waals surface area contributed by atoms with Crippen molar-refractivity contribution in [3.63, 3.8) is 0 Å². The van der Waals surface area contributed by atoms with Gasteiger partial charge in [0.15, 0.2) is 0 Å². The summed E-state index contributed by atoms with van der Waals surface area (Å²) in [5.74, 6) is 1.10. The van der Waals surface area contributed by atoms with E-state index in [0.717, 1.165) is 31.5 Å². The monoisotopic (exact) mass is 236 g/mol. The summed E-state index contributed by atoms with van der Waals surface area (Å²) in [5.41, 5.74) is 0. The lowest BCUT2D eigenvalue weighted by molar-refractivity contribution is -0.132. The zero-order valence-electron chi connectivity index (χ0n) is 10.7. The molecule has 1 unspecified atom stereocenters. The van der Waals surface area contributed by atoms with E-state index < -0.39 is 0 Å². The lowest BCUT2D eigenvalue weighted by Crippen LogP contribution is -2.43. The fourth-order valence-corrected chi connectivity index (χ4v) is 3.05. The Morgan fingerprint density at radius 2 is 2.12 bits per heavy atom. The molecule has 0 radical (unpaired) electrons. The summed E-state index contributed by atoms with van der Waals surface area (Å²) in [6, 6.07) is 0.723. The van der Waals surface area contributed by atoms with Gasteiger partial charge in [-0.3, -0.25) is 4.79 Å². The molecule has 1 atom stereocenters. The second kappa shape index (κ2) is 6.20. The van der Waals surface area contributed by atoms with E-state index in [1.165, 1.54) is 32.2 Å². The molecule has 3 nitrogen and oxygen atoms in total. The van der Waals surface area contributed by atoms with Gasteiger partial charge in [-0.25, -0.2) is 0 Å². The maximum Gasteiger partial charge on any atom is 0.222 e. The number of rotatable bonds is 4. The average molecular weight is 236 g/mol. The Bertz CT molecular complexity index is 263. The van der Waals surface area contributed by atoms with Crippen LogP contribution in [-0.4, -0.2) is 36.5 Å². The molecule has 2 saturated heterocycles. The van der Waals surface area contributed by atoms with E-state index in [2.05, 4.69) is 11.9 Å². The predicted octanol–water partition coefficient (Wildman–Crippen LogP) is 1.94. The highest BCUT2D eigenvalue weighted by Gasteiger charge is 2.29. The molecule has 0 aromatic carbocycles. The van der Waals surface area contributed by atoms with Crippen LogP contribution in [0.2, 0.25) is 0 Å². The van der Waals surface area contributed by atoms with Crippen molar-refractivity contribution in [2.45, 2.75) is 44.6 Å². The van der Waals surface area contributed by atoms with Gasteiger partial charge in [0.2, 0.25) is 5.91 Å². The molecule has 2 heterocycles. The van der Waals surface area contributed by atoms with E-state index in [4.69, 9.17) is 0 Å². The highest BCUT2D eigenvalue weighted by molar-refractivity contribution is 5.76. The van der Waals surface area contributed by atoms with Crippen molar-refractivity contribution in [1.29, 1.82) is 0 Å². The third kappa shape index (κ3) is 3.32. The second-order valence-corrected chi connectivity index (χ2v) is 5.25. The van der Waals surface area contributed by atoms with E-state index in [0.29, 0.717) is 12.3 Å². The Hall–Kier alpha value is -0.830. The SMILES string of the molecule is C=CCCC(=O)N1CCC(C2CCCN2)CC1. The lowest BCUT2D eigenvalue weighted by Gasteiger charge is -2.35. The highest BCUT2D eigenvalue weighted by Crippen LogP contribution is 2.25. The Morgan fingerprint density at radius 3 is 2.71 bits per heavy atom. The number of nitrogens with zero attached hydrogens (tertiary/aromatic N) is 1. The zero-order valence-corrected chi connectivity index (χ0v) is 10.7. The third-order valence-corrected chi connectivity index (χ3v) is 4.12. The molecule has 0 saturated carbocycles. The van der Waals surface area contributed by atoms with Crippen LogP contribution < -0.4 is 5.32 Å². The van der Waals surface area contributed by atoms with E-state index in [1.807, 2.05) is 11.0 Å². The molecule has 0 spiro atoms. The zero-order chi connectivity index (χ0) is 12.1. The minimum atomic E-state index is 0.308. The number of allylic oxidation sites excluding steroid dienone is 1. The molecule has 1 N–H and O–H groups in total. The predicted molar refractivity (Wildman–Crippen MR) is 69.8 cm³/mol. The smallest absolute Gasteiger partial charge is 0.222 e. The number of hydrogen-bond donors (Lipinski definition) is 1. The van der Waals surface area contributed by atoms with Gasteiger partial charge in [0.05, 0.1) is 0 Å². The van der Waals surface area contributed by atoms with Crippen molar-refractivity contribution in [3.8, 4) is 0 Å². The number of likely N-dealkylation sites (tertiary alicyclic amines) is 1. The maximum atomic E-state index is 11.8. The van der Waals surface area contributed by atoms with Crippen LogP contribution in [0, 0.1) is 5.92 Å². The summed E-state index contributed by atoms with van der Waals surface area (Å²) < 4.78 is 0. The first kappa shape index (κ1) is 12.6. The first-order valence-corrected chi connectivity index (χ1v) is 6.93. The van der Waals surface area contributed by atoms with Gasteiger partial charge in [0.1, 0.15) is 0 Å². The van der Waals surface area contributed by atoms with Crippen molar-refractivity contribution in [2.24, 2.45) is 5.92 Å². The van der Waals surface area contributed by atoms with Crippen molar-refractivity contribution in [1.82, 2.24) is 10.2 Å². The van der Waals surface area contributed by atoms with Gasteiger partial charge < -0.3 is 10.2 Å². The topological polar surface area (TPSA) is 32.3 Å². The minimum Gasteiger partial charge on any atom is -0.343 e. The van der Waals surface area contributed by atoms with Gasteiger partial charge in [0.25, 0.3) is 0 Å². The fourth-order valence-electron chi connectivity index (χ4n) is 3.05. The summed E-state index contributed by atoms with van der Waals surface area (Å²) in [5, 5.41) is 3.59. The normalized spacial score (nSPS) is 26.1. The molecule has 0 aromatic heterocycles. The van der Waals surface area contributed by atoms with Gasteiger partial charge in [-0.15, -0.1) is 6.58 Å². The van der Waals surface area contributed by atoms with E-state index in [1.54, 1.807) is 0 Å². The summed E-state index contributed by atoms with van der Waals surface area (Å²) in [7, 11) is 0. The Balaban J connectivity index is 1.73. The molecule has 17 heavy (non-hydrogen) atoms. The van der Waals surface area contributed by atoms with E-state index >= 15 is 0 Å². The van der Waals surface area contributed by atoms with Gasteiger partial charge >= 0.3 is 0 Å². The largest absolute Gasteiger partial charge is 0.343 e. The number of carbonyl (C=O) groups is 1. The molecule has 96 valence electrons. The third-order valence-electron chi connectivity index (χ3n) is 4.12. The first-order valence-electron chi connectivity index (χ1n) is 6.93. The van der Waals surface area contributed by atoms with E-state index in [9.17, 15) is 4.79 Å². The van der Waals surface area contributed by atoms with Crippen molar-refractivity contribution < 1.29 is 4.79 Å². The number of piperidine rings is 1. The standard InChI is InChI=1S/C14H24N2O/c1-2-3-6-14(17)16-10-7-12(8-11-16)13-5-4-9-15-13/h2,12-13,15H,1,3-11H2. The molecular weight excluding hydrogens is 212 g/mol. The molecule has 2 rings (SSSR count). The van der Waals surface area contributed by atoms with Crippen molar-refractivity contribution in [2.75, 3.05) is 19.6 Å². The number of carbonyl (C=O) groups excluding carboxylic acids is 1. The molecule has 0 bridgehead atoms. The average Bonchev–Trinajstić information content (AvgIpc) is 2.90. The highest BCUT2D eigenvalue weighted by atomic mass is 16.2. The number of hydrogen-bond acceptors (Lipinski definition) is 2. The van der Waals surface area contributed by atoms with Crippen LogP contribution in [0.1, 0.15) is 38.5 Å². The van der Waals surface area contributed by atoms with Crippen LogP contribution in [0.4, 0.5) is 0 Å². The summed E-state index contributed by atoms with van der Waals surface area (Å²) in [4.78, 5) is 13.9. The Kier molecular flexibility index (Phi) is 4.60. The molecule has 0 aliphatic carbocycles. The van der Waals surface area contributed by atoms with Crippen LogP contribution in [-0.2, 0) is 4.79 Å². The second-order valence-electron chi connectivity index (χ2n) is 5.25. The number of nitrogens with one attached hydrogen (secondary N) is 1. The Labute approximate surface area is 104 Å². The molecular formula is C14H24N2O. The first-order chi connectivity index (χ1) is 8.31. The van der Waals surface area contributed by atoms with E-state index in [-0.39, 0.29) is 0 Å². The summed E-state index contributed by atoms with van der Waals surface area (Å²) >= 11 is 0. The maximum absolute atomic E-state index is 11.8. The molecule has 1 amide bonds. The van der Waals surface area contributed by atoms with Gasteiger partial charge in [0, 0.05) is 25.6 Å². The van der Waals surface area contributed by atoms with Crippen molar-refractivity contribution in [3.05, 3.63) is 12.7 Å². The molecule has 3 heteroatoms. The quantitative estimate of drug-likeness (QED) is 0.757. The molecule has 2 fully saturated rings. The van der Waals surface area contributed by atoms with Gasteiger partial charge in [-0.2, -0.15) is 0 Å². The number of amides is 1. The molecule has 2 aliphatic rings. The van der Waals surface area contributed by atoms with Gasteiger partial charge in [-0.1, -0.05) is 6.08 Å². The lowest BCUT2D eigenvalue weighted by atomic mass is 9.88. The van der Waals surface area contributed by atoms with Gasteiger partial charge in [-0.05, 0) is 44.6 Å².